The lowest BCUT2D eigenvalue weighted by Gasteiger charge is -2.19. The Kier molecular flexibility index (Phi) is 7.60. The lowest BCUT2D eigenvalue weighted by molar-refractivity contribution is 0.0929. The molecule has 0 aliphatic rings. The first-order chi connectivity index (χ1) is 14.2. The highest BCUT2D eigenvalue weighted by Gasteiger charge is 2.22. The van der Waals surface area contributed by atoms with Crippen LogP contribution in [0.2, 0.25) is 0 Å². The number of hydrogen-bond acceptors (Lipinski definition) is 8. The smallest absolute Gasteiger partial charge is 0.309 e. The number of anilines is 1. The molecule has 2 aromatic rings. The van der Waals surface area contributed by atoms with Crippen LogP contribution in [0.15, 0.2) is 21.7 Å². The van der Waals surface area contributed by atoms with E-state index in [9.17, 15) is 28.4 Å². The molecule has 1 unspecified atom stereocenters. The van der Waals surface area contributed by atoms with E-state index in [1.807, 2.05) is 13.0 Å². The molecule has 0 saturated carbocycles. The van der Waals surface area contributed by atoms with Crippen molar-refractivity contribution in [1.29, 1.82) is 5.26 Å². The van der Waals surface area contributed by atoms with Crippen LogP contribution in [0.1, 0.15) is 54.7 Å². The third kappa shape index (κ3) is 5.84. The Bertz CT molecular complexity index is 1100. The quantitative estimate of drug-likeness (QED) is 0.428. The number of H-pyrrole nitrogens is 1. The Morgan fingerprint density at radius 2 is 2.17 bits per heavy atom. The molecule has 2 aromatic heterocycles. The fourth-order valence-electron chi connectivity index (χ4n) is 2.68. The van der Waals surface area contributed by atoms with E-state index in [2.05, 4.69) is 20.0 Å². The molecule has 162 valence electrons. The predicted molar refractivity (Wildman–Crippen MR) is 108 cm³/mol. The van der Waals surface area contributed by atoms with Gasteiger partial charge in [0.15, 0.2) is 11.4 Å². The van der Waals surface area contributed by atoms with Crippen LogP contribution in [0, 0.1) is 11.3 Å². The summed E-state index contributed by atoms with van der Waals surface area (Å²) in [5.74, 6) is -1.37. The molecule has 2 heterocycles. The summed E-state index contributed by atoms with van der Waals surface area (Å²) in [6, 6.07) is 1.07. The maximum Gasteiger partial charge on any atom is 0.309 e. The van der Waals surface area contributed by atoms with Gasteiger partial charge in [0, 0.05) is 17.8 Å². The highest BCUT2D eigenvalue weighted by atomic mass is 32.2. The summed E-state index contributed by atoms with van der Waals surface area (Å²) in [5.41, 5.74) is -0.630. The number of sulfonamides is 1. The van der Waals surface area contributed by atoms with Crippen molar-refractivity contribution in [2.24, 2.45) is 0 Å². The van der Waals surface area contributed by atoms with Crippen molar-refractivity contribution in [3.8, 4) is 11.8 Å². The van der Waals surface area contributed by atoms with Gasteiger partial charge in [-0.3, -0.25) is 9.59 Å². The van der Waals surface area contributed by atoms with E-state index >= 15 is 0 Å². The summed E-state index contributed by atoms with van der Waals surface area (Å²) >= 11 is 0. The number of nitrogens with zero attached hydrogens (tertiary/aromatic N) is 2. The monoisotopic (exact) mass is 437 g/mol. The number of carbonyl (C=O) groups is 1. The van der Waals surface area contributed by atoms with Crippen molar-refractivity contribution in [2.75, 3.05) is 10.5 Å². The van der Waals surface area contributed by atoms with E-state index < -0.39 is 33.3 Å². The second-order valence-electron chi connectivity index (χ2n) is 6.53. The van der Waals surface area contributed by atoms with Gasteiger partial charge in [-0.15, -0.1) is 0 Å². The Morgan fingerprint density at radius 1 is 1.43 bits per heavy atom. The van der Waals surface area contributed by atoms with Crippen molar-refractivity contribution < 1.29 is 22.7 Å². The SMILES string of the molecule is CCCCC(Cc1c(C#N)c[nH]c(=O)c1O)NC(=O)c1coc(NS(=O)(=O)CC)n1. The molecule has 0 aromatic carbocycles. The summed E-state index contributed by atoms with van der Waals surface area (Å²) in [6.07, 6.45) is 4.39. The molecular weight excluding hydrogens is 414 g/mol. The first-order valence-corrected chi connectivity index (χ1v) is 11.0. The number of nitrogens with one attached hydrogen (secondary N) is 3. The number of nitriles is 1. The van der Waals surface area contributed by atoms with Gasteiger partial charge in [0.05, 0.1) is 11.3 Å². The number of aromatic amines is 1. The second-order valence-corrected chi connectivity index (χ2v) is 8.54. The maximum absolute atomic E-state index is 12.6. The topological polar surface area (TPSA) is 178 Å². The van der Waals surface area contributed by atoms with Gasteiger partial charge in [0.1, 0.15) is 12.3 Å². The van der Waals surface area contributed by atoms with E-state index in [0.29, 0.717) is 6.42 Å². The summed E-state index contributed by atoms with van der Waals surface area (Å²) in [6.45, 7) is 3.41. The van der Waals surface area contributed by atoms with Gasteiger partial charge in [-0.1, -0.05) is 19.8 Å². The molecule has 0 bridgehead atoms. The zero-order valence-electron chi connectivity index (χ0n) is 16.6. The Labute approximate surface area is 173 Å². The van der Waals surface area contributed by atoms with Gasteiger partial charge in [-0.2, -0.15) is 10.2 Å². The number of hydrogen-bond donors (Lipinski definition) is 4. The predicted octanol–water partition coefficient (Wildman–Crippen LogP) is 1.23. The second kappa shape index (κ2) is 9.93. The molecule has 2 rings (SSSR count). The van der Waals surface area contributed by atoms with E-state index in [1.54, 1.807) is 0 Å². The van der Waals surface area contributed by atoms with E-state index in [-0.39, 0.29) is 35.0 Å². The normalized spacial score (nSPS) is 12.2. The largest absolute Gasteiger partial charge is 0.503 e. The number of unbranched alkanes of at least 4 members (excludes halogenated alkanes) is 1. The van der Waals surface area contributed by atoms with Crippen molar-refractivity contribution in [2.45, 2.75) is 45.6 Å². The van der Waals surface area contributed by atoms with Crippen molar-refractivity contribution in [3.05, 3.63) is 39.6 Å². The van der Waals surface area contributed by atoms with Gasteiger partial charge in [0.2, 0.25) is 10.0 Å². The molecule has 1 atom stereocenters. The summed E-state index contributed by atoms with van der Waals surface area (Å²) < 4.78 is 30.2. The van der Waals surface area contributed by atoms with Crippen LogP contribution in [0.4, 0.5) is 6.01 Å². The van der Waals surface area contributed by atoms with Crippen LogP contribution >= 0.6 is 0 Å². The molecule has 30 heavy (non-hydrogen) atoms. The lowest BCUT2D eigenvalue weighted by Crippen LogP contribution is -2.37. The zero-order valence-corrected chi connectivity index (χ0v) is 17.4. The lowest BCUT2D eigenvalue weighted by atomic mass is 9.98. The van der Waals surface area contributed by atoms with Gasteiger partial charge in [-0.25, -0.2) is 13.1 Å². The Morgan fingerprint density at radius 3 is 2.80 bits per heavy atom. The minimum atomic E-state index is -3.61. The van der Waals surface area contributed by atoms with Gasteiger partial charge >= 0.3 is 6.01 Å². The molecular formula is C18H23N5O6S. The van der Waals surface area contributed by atoms with Gasteiger partial charge in [0.25, 0.3) is 11.5 Å². The Balaban J connectivity index is 2.21. The van der Waals surface area contributed by atoms with E-state index in [4.69, 9.17) is 4.42 Å². The van der Waals surface area contributed by atoms with E-state index in [1.165, 1.54) is 13.1 Å². The minimum absolute atomic E-state index is 0.0531. The number of aromatic hydroxyl groups is 1. The van der Waals surface area contributed by atoms with Crippen LogP contribution in [0.5, 0.6) is 5.75 Å². The molecule has 0 aliphatic heterocycles. The number of amides is 1. The fraction of sp³-hybridized carbons (Fsp3) is 0.444. The van der Waals surface area contributed by atoms with Gasteiger partial charge in [-0.05, 0) is 19.8 Å². The molecule has 0 aliphatic carbocycles. The maximum atomic E-state index is 12.6. The molecule has 0 radical (unpaired) electrons. The molecule has 0 fully saturated rings. The number of rotatable bonds is 10. The fourth-order valence-corrected chi connectivity index (χ4v) is 3.18. The van der Waals surface area contributed by atoms with Crippen LogP contribution in [0.25, 0.3) is 0 Å². The minimum Gasteiger partial charge on any atom is -0.503 e. The van der Waals surface area contributed by atoms with Crippen molar-refractivity contribution in [1.82, 2.24) is 15.3 Å². The van der Waals surface area contributed by atoms with Gasteiger partial charge < -0.3 is 19.8 Å². The molecule has 12 heteroatoms. The number of carbonyl (C=O) groups excluding carboxylic acids is 1. The molecule has 11 nitrogen and oxygen atoms in total. The number of aromatic nitrogens is 2. The van der Waals surface area contributed by atoms with E-state index in [0.717, 1.165) is 19.1 Å². The zero-order chi connectivity index (χ0) is 22.3. The highest BCUT2D eigenvalue weighted by Crippen LogP contribution is 2.20. The first kappa shape index (κ1) is 23.0. The van der Waals surface area contributed by atoms with Crippen LogP contribution in [0.3, 0.4) is 0 Å². The standard InChI is InChI=1S/C18H23N5O6S/c1-3-5-6-12(7-13-11(8-19)9-20-17(26)15(13)24)21-16(25)14-10-29-18(22-14)23-30(27,28)4-2/h9-10,12,24H,3-7H2,1-2H3,(H,20,26)(H,21,25)(H,22,23). The van der Waals surface area contributed by atoms with Crippen molar-refractivity contribution >= 4 is 21.9 Å². The molecule has 0 saturated heterocycles. The van der Waals surface area contributed by atoms with Crippen molar-refractivity contribution in [3.63, 3.8) is 0 Å². The third-order valence-electron chi connectivity index (χ3n) is 4.35. The van der Waals surface area contributed by atoms with Crippen LogP contribution in [-0.4, -0.2) is 41.2 Å². The average Bonchev–Trinajstić information content (AvgIpc) is 3.17. The third-order valence-corrected chi connectivity index (χ3v) is 5.59. The van der Waals surface area contributed by atoms with Crippen LogP contribution < -0.4 is 15.6 Å². The first-order valence-electron chi connectivity index (χ1n) is 9.31. The van der Waals surface area contributed by atoms with Crippen LogP contribution in [-0.2, 0) is 16.4 Å². The number of pyridine rings is 1. The molecule has 1 amide bonds. The molecule has 4 N–H and O–H groups in total. The number of oxazole rings is 1. The summed E-state index contributed by atoms with van der Waals surface area (Å²) in [4.78, 5) is 30.4. The highest BCUT2D eigenvalue weighted by molar-refractivity contribution is 7.92. The Hall–Kier alpha value is -3.33. The molecule has 0 spiro atoms. The summed E-state index contributed by atoms with van der Waals surface area (Å²) in [5, 5.41) is 22.1. The summed E-state index contributed by atoms with van der Waals surface area (Å²) in [7, 11) is -3.61. The average molecular weight is 437 g/mol.